The molecule has 0 aliphatic carbocycles. The summed E-state index contributed by atoms with van der Waals surface area (Å²) < 4.78 is 4.53. The molecule has 1 aromatic rings. The molecule has 0 unspecified atom stereocenters. The van der Waals surface area contributed by atoms with E-state index in [4.69, 9.17) is 0 Å². The van der Waals surface area contributed by atoms with Gasteiger partial charge in [-0.05, 0) is 24.1 Å². The van der Waals surface area contributed by atoms with E-state index in [9.17, 15) is 4.79 Å². The van der Waals surface area contributed by atoms with Crippen LogP contribution in [-0.4, -0.2) is 18.1 Å². The van der Waals surface area contributed by atoms with Crippen LogP contribution in [0.15, 0.2) is 18.8 Å². The summed E-state index contributed by atoms with van der Waals surface area (Å²) in [6, 6.07) is 1.72. The Labute approximate surface area is 71.1 Å². The van der Waals surface area contributed by atoms with Crippen molar-refractivity contribution in [3.05, 3.63) is 30.1 Å². The first-order valence-corrected chi connectivity index (χ1v) is 3.57. The molecule has 64 valence electrons. The van der Waals surface area contributed by atoms with Crippen molar-refractivity contribution in [3.8, 4) is 0 Å². The molecule has 3 heteroatoms. The summed E-state index contributed by atoms with van der Waals surface area (Å²) in [5.41, 5.74) is 2.30. The van der Waals surface area contributed by atoms with Crippen molar-refractivity contribution in [2.24, 2.45) is 0 Å². The second kappa shape index (κ2) is 3.26. The van der Waals surface area contributed by atoms with E-state index >= 15 is 0 Å². The lowest BCUT2D eigenvalue weighted by atomic mass is 10.2. The van der Waals surface area contributed by atoms with Gasteiger partial charge in [-0.1, -0.05) is 6.58 Å². The van der Waals surface area contributed by atoms with Gasteiger partial charge < -0.3 is 9.72 Å². The van der Waals surface area contributed by atoms with Crippen molar-refractivity contribution in [3.63, 3.8) is 0 Å². The Morgan fingerprint density at radius 2 is 2.33 bits per heavy atom. The fourth-order valence-corrected chi connectivity index (χ4v) is 0.869. The van der Waals surface area contributed by atoms with Gasteiger partial charge in [-0.2, -0.15) is 0 Å². The zero-order chi connectivity index (χ0) is 9.14. The predicted molar refractivity (Wildman–Crippen MR) is 46.8 cm³/mol. The van der Waals surface area contributed by atoms with E-state index in [0.29, 0.717) is 5.69 Å². The lowest BCUT2D eigenvalue weighted by Gasteiger charge is -1.92. The van der Waals surface area contributed by atoms with Crippen LogP contribution < -0.4 is 0 Å². The second-order valence-corrected chi connectivity index (χ2v) is 2.57. The van der Waals surface area contributed by atoms with E-state index in [-0.39, 0.29) is 5.97 Å². The number of hydrogen-bond donors (Lipinski definition) is 1. The van der Waals surface area contributed by atoms with Crippen LogP contribution in [0, 0.1) is 0 Å². The van der Waals surface area contributed by atoms with E-state index in [1.165, 1.54) is 7.11 Å². The lowest BCUT2D eigenvalue weighted by molar-refractivity contribution is 0.0595. The Bertz CT molecular complexity index is 312. The van der Waals surface area contributed by atoms with Gasteiger partial charge >= 0.3 is 5.97 Å². The maximum absolute atomic E-state index is 11.0. The first kappa shape index (κ1) is 8.59. The van der Waals surface area contributed by atoms with Crippen molar-refractivity contribution in [1.82, 2.24) is 4.98 Å². The average Bonchev–Trinajstić information content (AvgIpc) is 2.51. The van der Waals surface area contributed by atoms with Crippen molar-refractivity contribution in [2.75, 3.05) is 7.11 Å². The third-order valence-electron chi connectivity index (χ3n) is 1.58. The number of H-pyrrole nitrogens is 1. The number of aromatic nitrogens is 1. The summed E-state index contributed by atoms with van der Waals surface area (Å²) in [4.78, 5) is 13.8. The Kier molecular flexibility index (Phi) is 2.33. The third kappa shape index (κ3) is 1.56. The monoisotopic (exact) mass is 165 g/mol. The Morgan fingerprint density at radius 1 is 1.67 bits per heavy atom. The summed E-state index contributed by atoms with van der Waals surface area (Å²) in [6.07, 6.45) is 1.73. The Morgan fingerprint density at radius 3 is 2.75 bits per heavy atom. The van der Waals surface area contributed by atoms with Crippen molar-refractivity contribution in [2.45, 2.75) is 6.92 Å². The SMILES string of the molecule is C=C(C)c1c[nH]c(C(=O)OC)c1. The molecule has 1 aromatic heterocycles. The molecule has 0 aliphatic rings. The molecule has 0 aliphatic heterocycles. The molecule has 0 saturated heterocycles. The van der Waals surface area contributed by atoms with Crippen LogP contribution in [0.25, 0.3) is 5.57 Å². The van der Waals surface area contributed by atoms with Gasteiger partial charge in [-0.3, -0.25) is 0 Å². The largest absolute Gasteiger partial charge is 0.464 e. The molecule has 0 bridgehead atoms. The van der Waals surface area contributed by atoms with Gasteiger partial charge in [0.2, 0.25) is 0 Å². The van der Waals surface area contributed by atoms with Gasteiger partial charge in [0.25, 0.3) is 0 Å². The molecule has 0 spiro atoms. The van der Waals surface area contributed by atoms with Gasteiger partial charge in [-0.15, -0.1) is 0 Å². The van der Waals surface area contributed by atoms with E-state index in [0.717, 1.165) is 11.1 Å². The molecular weight excluding hydrogens is 154 g/mol. The van der Waals surface area contributed by atoms with E-state index < -0.39 is 0 Å². The van der Waals surface area contributed by atoms with Gasteiger partial charge in [0.05, 0.1) is 7.11 Å². The lowest BCUT2D eigenvalue weighted by Crippen LogP contribution is -2.00. The maximum Gasteiger partial charge on any atom is 0.354 e. The van der Waals surface area contributed by atoms with Crippen LogP contribution in [0.3, 0.4) is 0 Å². The molecule has 0 fully saturated rings. The number of methoxy groups -OCH3 is 1. The number of nitrogens with one attached hydrogen (secondary N) is 1. The molecule has 0 radical (unpaired) electrons. The number of ether oxygens (including phenoxy) is 1. The third-order valence-corrected chi connectivity index (χ3v) is 1.58. The van der Waals surface area contributed by atoms with Crippen LogP contribution in [0.4, 0.5) is 0 Å². The Hall–Kier alpha value is -1.51. The number of aromatic amines is 1. The smallest absolute Gasteiger partial charge is 0.354 e. The number of carbonyl (C=O) groups is 1. The summed E-state index contributed by atoms with van der Waals surface area (Å²) in [5.74, 6) is -0.359. The molecule has 0 atom stereocenters. The quantitative estimate of drug-likeness (QED) is 0.679. The molecule has 1 heterocycles. The number of carbonyl (C=O) groups excluding carboxylic acids is 1. The first-order valence-electron chi connectivity index (χ1n) is 3.57. The highest BCUT2D eigenvalue weighted by Crippen LogP contribution is 2.12. The summed E-state index contributed by atoms with van der Waals surface area (Å²) in [6.45, 7) is 5.63. The highest BCUT2D eigenvalue weighted by molar-refractivity contribution is 5.88. The minimum atomic E-state index is -0.359. The van der Waals surface area contributed by atoms with Gasteiger partial charge in [0, 0.05) is 6.20 Å². The summed E-state index contributed by atoms with van der Waals surface area (Å²) >= 11 is 0. The van der Waals surface area contributed by atoms with Crippen LogP contribution >= 0.6 is 0 Å². The molecule has 1 rings (SSSR count). The number of hydrogen-bond acceptors (Lipinski definition) is 2. The van der Waals surface area contributed by atoms with Crippen LogP contribution in [-0.2, 0) is 4.74 Å². The second-order valence-electron chi connectivity index (χ2n) is 2.57. The van der Waals surface area contributed by atoms with E-state index in [2.05, 4.69) is 16.3 Å². The Balaban J connectivity index is 2.91. The zero-order valence-corrected chi connectivity index (χ0v) is 7.18. The van der Waals surface area contributed by atoms with Crippen LogP contribution in [0.2, 0.25) is 0 Å². The van der Waals surface area contributed by atoms with Crippen LogP contribution in [0.5, 0.6) is 0 Å². The van der Waals surface area contributed by atoms with Crippen molar-refractivity contribution < 1.29 is 9.53 Å². The zero-order valence-electron chi connectivity index (χ0n) is 7.18. The molecular formula is C9H11NO2. The molecule has 0 amide bonds. The van der Waals surface area contributed by atoms with Gasteiger partial charge in [-0.25, -0.2) is 4.79 Å². The summed E-state index contributed by atoms with van der Waals surface area (Å²) in [5, 5.41) is 0. The van der Waals surface area contributed by atoms with Gasteiger partial charge in [0.15, 0.2) is 0 Å². The molecule has 3 nitrogen and oxygen atoms in total. The average molecular weight is 165 g/mol. The highest BCUT2D eigenvalue weighted by atomic mass is 16.5. The number of rotatable bonds is 2. The van der Waals surface area contributed by atoms with Crippen molar-refractivity contribution in [1.29, 1.82) is 0 Å². The first-order chi connectivity index (χ1) is 5.65. The maximum atomic E-state index is 11.0. The van der Waals surface area contributed by atoms with E-state index in [1.54, 1.807) is 12.3 Å². The highest BCUT2D eigenvalue weighted by Gasteiger charge is 2.07. The van der Waals surface area contributed by atoms with Crippen molar-refractivity contribution >= 4 is 11.5 Å². The fourth-order valence-electron chi connectivity index (χ4n) is 0.869. The molecule has 12 heavy (non-hydrogen) atoms. The molecule has 0 aromatic carbocycles. The van der Waals surface area contributed by atoms with Crippen LogP contribution in [0.1, 0.15) is 23.0 Å². The topological polar surface area (TPSA) is 42.1 Å². The fraction of sp³-hybridized carbons (Fsp3) is 0.222. The predicted octanol–water partition coefficient (Wildman–Crippen LogP) is 1.83. The standard InChI is InChI=1S/C9H11NO2/c1-6(2)7-4-8(10-5-7)9(11)12-3/h4-5,10H,1H2,2-3H3. The molecule has 0 saturated carbocycles. The van der Waals surface area contributed by atoms with Gasteiger partial charge in [0.1, 0.15) is 5.69 Å². The normalized spacial score (nSPS) is 9.50. The molecule has 1 N–H and O–H groups in total. The minimum Gasteiger partial charge on any atom is -0.464 e. The van der Waals surface area contributed by atoms with E-state index in [1.807, 2.05) is 6.92 Å². The number of allylic oxidation sites excluding steroid dienone is 1. The minimum absolute atomic E-state index is 0.359. The summed E-state index contributed by atoms with van der Waals surface area (Å²) in [7, 11) is 1.35. The number of esters is 1.